The van der Waals surface area contributed by atoms with Gasteiger partial charge in [0.1, 0.15) is 0 Å². The summed E-state index contributed by atoms with van der Waals surface area (Å²) in [5.41, 5.74) is 1.24. The first-order valence-electron chi connectivity index (χ1n) is 10.4. The lowest BCUT2D eigenvalue weighted by molar-refractivity contribution is 0.354. The van der Waals surface area contributed by atoms with Gasteiger partial charge in [0.2, 0.25) is 0 Å². The van der Waals surface area contributed by atoms with Crippen molar-refractivity contribution in [2.24, 2.45) is 22.7 Å². The molecule has 0 bridgehead atoms. The second-order valence-corrected chi connectivity index (χ2v) is 7.89. The summed E-state index contributed by atoms with van der Waals surface area (Å²) in [6.45, 7) is 4.94. The van der Waals surface area contributed by atoms with Crippen LogP contribution in [-0.4, -0.2) is 51.8 Å². The molecule has 0 atom stereocenters. The third-order valence-corrected chi connectivity index (χ3v) is 5.79. The minimum Gasteiger partial charge on any atom is -0.493 e. The average molecular weight is 501 g/mol. The van der Waals surface area contributed by atoms with Crippen molar-refractivity contribution >= 4 is 29.9 Å². The van der Waals surface area contributed by atoms with E-state index in [-0.39, 0.29) is 24.0 Å². The van der Waals surface area contributed by atoms with Gasteiger partial charge < -0.3 is 19.7 Å². The fourth-order valence-corrected chi connectivity index (χ4v) is 3.83. The topological polar surface area (TPSA) is 46.1 Å². The molecule has 0 aliphatic heterocycles. The molecule has 0 heterocycles. The number of rotatable bonds is 10. The monoisotopic (exact) mass is 501 g/mol. The molecule has 2 aliphatic carbocycles. The van der Waals surface area contributed by atoms with Crippen LogP contribution in [0.4, 0.5) is 0 Å². The van der Waals surface area contributed by atoms with Crippen molar-refractivity contribution in [3.8, 4) is 11.5 Å². The summed E-state index contributed by atoms with van der Waals surface area (Å²) < 4.78 is 10.7. The van der Waals surface area contributed by atoms with E-state index in [1.807, 2.05) is 6.07 Å². The van der Waals surface area contributed by atoms with E-state index in [1.165, 1.54) is 31.2 Å². The molecule has 1 aromatic carbocycles. The molecule has 2 aliphatic rings. The minimum absolute atomic E-state index is 0. The number of nitrogens with one attached hydrogen (secondary N) is 1. The third-order valence-electron chi connectivity index (χ3n) is 5.79. The van der Waals surface area contributed by atoms with Gasteiger partial charge in [0.05, 0.1) is 14.2 Å². The number of benzene rings is 1. The van der Waals surface area contributed by atoms with E-state index in [0.29, 0.717) is 0 Å². The number of halogens is 1. The van der Waals surface area contributed by atoms with E-state index in [2.05, 4.69) is 36.3 Å². The van der Waals surface area contributed by atoms with Crippen molar-refractivity contribution < 1.29 is 9.47 Å². The molecule has 158 valence electrons. The van der Waals surface area contributed by atoms with E-state index < -0.39 is 0 Å². The van der Waals surface area contributed by atoms with Crippen molar-refractivity contribution in [1.82, 2.24) is 10.2 Å². The number of aliphatic imine (C=N–C) groups is 1. The van der Waals surface area contributed by atoms with Gasteiger partial charge >= 0.3 is 0 Å². The second-order valence-electron chi connectivity index (χ2n) is 7.89. The molecule has 1 N–H and O–H groups in total. The number of likely N-dealkylation sites (N-methyl/N-ethyl adjacent to an activating group) is 1. The summed E-state index contributed by atoms with van der Waals surface area (Å²) in [6.07, 6.45) is 6.62. The number of ether oxygens (including phenoxy) is 2. The van der Waals surface area contributed by atoms with Crippen LogP contribution in [-0.2, 0) is 6.42 Å². The first-order chi connectivity index (χ1) is 13.2. The highest BCUT2D eigenvalue weighted by Gasteiger charge is 2.41. The Hall–Kier alpha value is -1.18. The van der Waals surface area contributed by atoms with Crippen LogP contribution in [0, 0.1) is 17.8 Å². The van der Waals surface area contributed by atoms with Gasteiger partial charge in [-0.15, -0.1) is 24.0 Å². The molecule has 0 aromatic heterocycles. The van der Waals surface area contributed by atoms with Crippen molar-refractivity contribution in [3.05, 3.63) is 23.8 Å². The quantitative estimate of drug-likeness (QED) is 0.297. The lowest BCUT2D eigenvalue weighted by Gasteiger charge is -2.23. The number of nitrogens with zero attached hydrogens (tertiary/aromatic N) is 2. The molecule has 28 heavy (non-hydrogen) atoms. The Morgan fingerprint density at radius 2 is 1.79 bits per heavy atom. The number of hydrogen-bond acceptors (Lipinski definition) is 3. The molecule has 0 saturated heterocycles. The van der Waals surface area contributed by atoms with E-state index in [0.717, 1.165) is 61.3 Å². The molecule has 0 spiro atoms. The molecule has 2 fully saturated rings. The van der Waals surface area contributed by atoms with E-state index in [9.17, 15) is 0 Å². The Morgan fingerprint density at radius 3 is 2.32 bits per heavy atom. The van der Waals surface area contributed by atoms with Crippen LogP contribution in [0.3, 0.4) is 0 Å². The van der Waals surface area contributed by atoms with Crippen LogP contribution in [0.25, 0.3) is 0 Å². The van der Waals surface area contributed by atoms with E-state index >= 15 is 0 Å². The maximum absolute atomic E-state index is 5.42. The number of hydrogen-bond donors (Lipinski definition) is 1. The van der Waals surface area contributed by atoms with Gasteiger partial charge in [0.25, 0.3) is 0 Å². The van der Waals surface area contributed by atoms with Crippen molar-refractivity contribution in [2.75, 3.05) is 40.9 Å². The summed E-state index contributed by atoms with van der Waals surface area (Å²) in [7, 11) is 5.48. The van der Waals surface area contributed by atoms with Crippen LogP contribution in [0.5, 0.6) is 11.5 Å². The molecular weight excluding hydrogens is 465 g/mol. The first kappa shape index (κ1) is 23.1. The SMILES string of the molecule is CCNC(=NCC(C1CC1)C1CC1)N(C)CCc1ccc(OC)c(OC)c1.I. The number of guanidine groups is 1. The minimum atomic E-state index is 0. The molecule has 5 nitrogen and oxygen atoms in total. The van der Waals surface area contributed by atoms with Crippen LogP contribution < -0.4 is 14.8 Å². The molecule has 0 radical (unpaired) electrons. The molecule has 3 rings (SSSR count). The zero-order valence-electron chi connectivity index (χ0n) is 17.7. The van der Waals surface area contributed by atoms with Crippen LogP contribution in [0.2, 0.25) is 0 Å². The van der Waals surface area contributed by atoms with Crippen molar-refractivity contribution in [3.63, 3.8) is 0 Å². The maximum atomic E-state index is 5.42. The van der Waals surface area contributed by atoms with Gasteiger partial charge in [-0.3, -0.25) is 4.99 Å². The van der Waals surface area contributed by atoms with Gasteiger partial charge in [-0.2, -0.15) is 0 Å². The fraction of sp³-hybridized carbons (Fsp3) is 0.682. The predicted octanol–water partition coefficient (Wildman–Crippen LogP) is 4.20. The van der Waals surface area contributed by atoms with Gasteiger partial charge in [-0.05, 0) is 74.5 Å². The molecule has 0 amide bonds. The lowest BCUT2D eigenvalue weighted by Crippen LogP contribution is -2.40. The van der Waals surface area contributed by atoms with Crippen molar-refractivity contribution in [2.45, 2.75) is 39.0 Å². The molecule has 2 saturated carbocycles. The number of methoxy groups -OCH3 is 2. The fourth-order valence-electron chi connectivity index (χ4n) is 3.83. The highest BCUT2D eigenvalue weighted by atomic mass is 127. The van der Waals surface area contributed by atoms with Crippen LogP contribution in [0.1, 0.15) is 38.2 Å². The van der Waals surface area contributed by atoms with E-state index in [4.69, 9.17) is 14.5 Å². The highest BCUT2D eigenvalue weighted by molar-refractivity contribution is 14.0. The Bertz CT molecular complexity index is 633. The molecule has 0 unspecified atom stereocenters. The Labute approximate surface area is 187 Å². The van der Waals surface area contributed by atoms with Crippen molar-refractivity contribution in [1.29, 1.82) is 0 Å². The average Bonchev–Trinajstić information content (AvgIpc) is 3.59. The smallest absolute Gasteiger partial charge is 0.193 e. The largest absolute Gasteiger partial charge is 0.493 e. The summed E-state index contributed by atoms with van der Waals surface area (Å²) >= 11 is 0. The molecule has 6 heteroatoms. The normalized spacial score (nSPS) is 16.5. The summed E-state index contributed by atoms with van der Waals surface area (Å²) in [6, 6.07) is 6.14. The standard InChI is InChI=1S/C22H35N3O2.HI/c1-5-23-22(24-15-19(17-7-8-17)18-9-10-18)25(2)13-12-16-6-11-20(26-3)21(14-16)27-4;/h6,11,14,17-19H,5,7-10,12-13,15H2,1-4H3,(H,23,24);1H. The zero-order valence-corrected chi connectivity index (χ0v) is 20.1. The second kappa shape index (κ2) is 11.1. The van der Waals surface area contributed by atoms with E-state index in [1.54, 1.807) is 14.2 Å². The lowest BCUT2D eigenvalue weighted by atomic mass is 9.98. The van der Waals surface area contributed by atoms with Gasteiger partial charge in [-0.1, -0.05) is 6.07 Å². The maximum Gasteiger partial charge on any atom is 0.193 e. The molecular formula is C22H36IN3O2. The summed E-state index contributed by atoms with van der Waals surface area (Å²) in [5.74, 6) is 5.30. The van der Waals surface area contributed by atoms with Crippen LogP contribution in [0.15, 0.2) is 23.2 Å². The summed E-state index contributed by atoms with van der Waals surface area (Å²) in [4.78, 5) is 7.24. The Balaban J connectivity index is 0.00000280. The zero-order chi connectivity index (χ0) is 19.2. The Kier molecular flexibility index (Phi) is 9.18. The predicted molar refractivity (Wildman–Crippen MR) is 126 cm³/mol. The van der Waals surface area contributed by atoms with Gasteiger partial charge in [-0.25, -0.2) is 0 Å². The van der Waals surface area contributed by atoms with Gasteiger partial charge in [0, 0.05) is 26.7 Å². The van der Waals surface area contributed by atoms with Gasteiger partial charge in [0.15, 0.2) is 17.5 Å². The first-order valence-corrected chi connectivity index (χ1v) is 10.4. The summed E-state index contributed by atoms with van der Waals surface area (Å²) in [5, 5.41) is 3.46. The Morgan fingerprint density at radius 1 is 1.14 bits per heavy atom. The molecule has 1 aromatic rings. The van der Waals surface area contributed by atoms with Crippen LogP contribution >= 0.6 is 24.0 Å². The highest BCUT2D eigenvalue weighted by Crippen LogP contribution is 2.49. The third kappa shape index (κ3) is 6.42.